The van der Waals surface area contributed by atoms with Gasteiger partial charge in [-0.15, -0.1) is 0 Å². The Bertz CT molecular complexity index is 555. The van der Waals surface area contributed by atoms with E-state index in [-0.39, 0.29) is 0 Å². The van der Waals surface area contributed by atoms with Gasteiger partial charge in [0.25, 0.3) is 0 Å². The van der Waals surface area contributed by atoms with Gasteiger partial charge in [0, 0.05) is 24.8 Å². The van der Waals surface area contributed by atoms with Crippen LogP contribution in [0.1, 0.15) is 19.2 Å². The van der Waals surface area contributed by atoms with E-state index in [0.717, 1.165) is 36.8 Å². The topological polar surface area (TPSA) is 69.2 Å². The number of rotatable bonds is 8. The minimum absolute atomic E-state index is 0.668. The van der Waals surface area contributed by atoms with Crippen LogP contribution in [0.3, 0.4) is 0 Å². The van der Waals surface area contributed by atoms with Gasteiger partial charge < -0.3 is 15.4 Å². The lowest BCUT2D eigenvalue weighted by Crippen LogP contribution is -2.27. The third-order valence-corrected chi connectivity index (χ3v) is 3.38. The maximum absolute atomic E-state index is 5.66. The smallest absolute Gasteiger partial charge is 0.146 e. The van der Waals surface area contributed by atoms with Crippen LogP contribution in [0.2, 0.25) is 0 Å². The summed E-state index contributed by atoms with van der Waals surface area (Å²) in [5, 5.41) is 4.22. The van der Waals surface area contributed by atoms with Gasteiger partial charge in [0.05, 0.1) is 13.7 Å². The number of hydrogen-bond donors (Lipinski definition) is 1. The van der Waals surface area contributed by atoms with Gasteiger partial charge >= 0.3 is 0 Å². The highest BCUT2D eigenvalue weighted by Crippen LogP contribution is 2.22. The predicted octanol–water partition coefficient (Wildman–Crippen LogP) is 1.66. The Hall–Kier alpha value is -2.08. The number of methoxy groups -OCH3 is 1. The van der Waals surface area contributed by atoms with Crippen molar-refractivity contribution in [2.24, 2.45) is 5.73 Å². The molecule has 0 saturated heterocycles. The fourth-order valence-corrected chi connectivity index (χ4v) is 2.23. The van der Waals surface area contributed by atoms with Crippen LogP contribution in [0.4, 0.5) is 5.69 Å². The number of hydrogen-bond acceptors (Lipinski definition) is 5. The second-order valence-electron chi connectivity index (χ2n) is 4.76. The number of benzene rings is 1. The highest BCUT2D eigenvalue weighted by Gasteiger charge is 2.12. The Morgan fingerprint density at radius 3 is 2.95 bits per heavy atom. The van der Waals surface area contributed by atoms with Gasteiger partial charge in [-0.1, -0.05) is 6.07 Å². The van der Waals surface area contributed by atoms with Crippen LogP contribution >= 0.6 is 0 Å². The normalized spacial score (nSPS) is 10.6. The van der Waals surface area contributed by atoms with Gasteiger partial charge in [-0.05, 0) is 32.0 Å². The van der Waals surface area contributed by atoms with Crippen molar-refractivity contribution < 1.29 is 4.74 Å². The van der Waals surface area contributed by atoms with Crippen molar-refractivity contribution in [1.82, 2.24) is 14.8 Å². The van der Waals surface area contributed by atoms with Crippen LogP contribution in [0.15, 0.2) is 30.6 Å². The van der Waals surface area contributed by atoms with Gasteiger partial charge in [0.1, 0.15) is 17.9 Å². The predicted molar refractivity (Wildman–Crippen MR) is 83.4 cm³/mol. The zero-order chi connectivity index (χ0) is 15.1. The first-order valence-electron chi connectivity index (χ1n) is 7.24. The minimum Gasteiger partial charge on any atom is -0.497 e. The summed E-state index contributed by atoms with van der Waals surface area (Å²) in [5.74, 6) is 1.81. The summed E-state index contributed by atoms with van der Waals surface area (Å²) in [6, 6.07) is 8.04. The molecule has 6 heteroatoms. The Morgan fingerprint density at radius 1 is 1.38 bits per heavy atom. The van der Waals surface area contributed by atoms with E-state index in [1.165, 1.54) is 0 Å². The van der Waals surface area contributed by atoms with E-state index in [1.807, 2.05) is 22.9 Å². The van der Waals surface area contributed by atoms with E-state index < -0.39 is 0 Å². The summed E-state index contributed by atoms with van der Waals surface area (Å²) < 4.78 is 7.22. The second-order valence-corrected chi connectivity index (χ2v) is 4.76. The Balaban J connectivity index is 2.20. The SMILES string of the molecule is CCn1ncnc1CN(CCCN)c1cccc(OC)c1. The third kappa shape index (κ3) is 3.95. The molecule has 1 aromatic heterocycles. The molecule has 2 aromatic rings. The zero-order valence-electron chi connectivity index (χ0n) is 12.7. The number of aryl methyl sites for hydroxylation is 1. The molecule has 0 aliphatic rings. The molecule has 0 aliphatic carbocycles. The Morgan fingerprint density at radius 2 is 2.24 bits per heavy atom. The van der Waals surface area contributed by atoms with E-state index in [4.69, 9.17) is 10.5 Å². The van der Waals surface area contributed by atoms with Crippen molar-refractivity contribution in [3.05, 3.63) is 36.4 Å². The molecule has 0 bridgehead atoms. The molecule has 2 N–H and O–H groups in total. The first kappa shape index (κ1) is 15.3. The van der Waals surface area contributed by atoms with E-state index in [0.29, 0.717) is 13.1 Å². The van der Waals surface area contributed by atoms with E-state index in [9.17, 15) is 0 Å². The molecule has 6 nitrogen and oxygen atoms in total. The molecule has 1 aromatic carbocycles. The molecule has 0 fully saturated rings. The highest BCUT2D eigenvalue weighted by atomic mass is 16.5. The average molecular weight is 289 g/mol. The van der Waals surface area contributed by atoms with Crippen LogP contribution < -0.4 is 15.4 Å². The number of ether oxygens (including phenoxy) is 1. The standard InChI is InChI=1S/C15H23N5O/c1-3-20-15(17-12-18-20)11-19(9-5-8-16)13-6-4-7-14(10-13)21-2/h4,6-7,10,12H,3,5,8-9,11,16H2,1-2H3. The van der Waals surface area contributed by atoms with Crippen LogP contribution in [0.25, 0.3) is 0 Å². The fourth-order valence-electron chi connectivity index (χ4n) is 2.23. The molecule has 0 unspecified atom stereocenters. The molecule has 0 radical (unpaired) electrons. The zero-order valence-corrected chi connectivity index (χ0v) is 12.7. The van der Waals surface area contributed by atoms with Crippen LogP contribution in [0.5, 0.6) is 5.75 Å². The lowest BCUT2D eigenvalue weighted by Gasteiger charge is -2.24. The van der Waals surface area contributed by atoms with E-state index >= 15 is 0 Å². The van der Waals surface area contributed by atoms with E-state index in [2.05, 4.69) is 28.0 Å². The Labute approximate surface area is 125 Å². The molecular weight excluding hydrogens is 266 g/mol. The van der Waals surface area contributed by atoms with E-state index in [1.54, 1.807) is 13.4 Å². The van der Waals surface area contributed by atoms with Gasteiger partial charge in [-0.25, -0.2) is 9.67 Å². The molecule has 2 rings (SSSR count). The maximum atomic E-state index is 5.66. The Kier molecular flexibility index (Phi) is 5.57. The van der Waals surface area contributed by atoms with Crippen molar-refractivity contribution >= 4 is 5.69 Å². The van der Waals surface area contributed by atoms with Gasteiger partial charge in [-0.2, -0.15) is 5.10 Å². The van der Waals surface area contributed by atoms with Crippen LogP contribution in [-0.4, -0.2) is 35.0 Å². The highest BCUT2D eigenvalue weighted by molar-refractivity contribution is 5.50. The molecule has 0 spiro atoms. The van der Waals surface area contributed by atoms with Crippen molar-refractivity contribution in [3.8, 4) is 5.75 Å². The monoisotopic (exact) mass is 289 g/mol. The number of anilines is 1. The van der Waals surface area contributed by atoms with Gasteiger partial charge in [-0.3, -0.25) is 0 Å². The summed E-state index contributed by atoms with van der Waals surface area (Å²) in [5.41, 5.74) is 6.76. The summed E-state index contributed by atoms with van der Waals surface area (Å²) in [6.45, 7) is 5.13. The quantitative estimate of drug-likeness (QED) is 0.800. The minimum atomic E-state index is 0.668. The molecule has 0 aliphatic heterocycles. The molecule has 1 heterocycles. The van der Waals surface area contributed by atoms with Crippen LogP contribution in [0, 0.1) is 0 Å². The number of aromatic nitrogens is 3. The van der Waals surface area contributed by atoms with Crippen molar-refractivity contribution in [2.45, 2.75) is 26.4 Å². The average Bonchev–Trinajstić information content (AvgIpc) is 2.98. The molecule has 0 saturated carbocycles. The first-order valence-corrected chi connectivity index (χ1v) is 7.24. The summed E-state index contributed by atoms with van der Waals surface area (Å²) in [6.07, 6.45) is 2.53. The molecule has 0 amide bonds. The summed E-state index contributed by atoms with van der Waals surface area (Å²) in [4.78, 5) is 6.61. The second kappa shape index (κ2) is 7.64. The molecule has 21 heavy (non-hydrogen) atoms. The van der Waals surface area contributed by atoms with Crippen molar-refractivity contribution in [3.63, 3.8) is 0 Å². The first-order chi connectivity index (χ1) is 10.3. The van der Waals surface area contributed by atoms with Crippen molar-refractivity contribution in [2.75, 3.05) is 25.1 Å². The maximum Gasteiger partial charge on any atom is 0.146 e. The lowest BCUT2D eigenvalue weighted by atomic mass is 10.2. The summed E-state index contributed by atoms with van der Waals surface area (Å²) >= 11 is 0. The summed E-state index contributed by atoms with van der Waals surface area (Å²) in [7, 11) is 1.68. The number of nitrogens with two attached hydrogens (primary N) is 1. The van der Waals surface area contributed by atoms with Crippen molar-refractivity contribution in [1.29, 1.82) is 0 Å². The number of nitrogens with zero attached hydrogens (tertiary/aromatic N) is 4. The molecular formula is C15H23N5O. The molecule has 114 valence electrons. The largest absolute Gasteiger partial charge is 0.497 e. The molecule has 0 atom stereocenters. The van der Waals surface area contributed by atoms with Gasteiger partial charge in [0.15, 0.2) is 0 Å². The third-order valence-electron chi connectivity index (χ3n) is 3.38. The van der Waals surface area contributed by atoms with Gasteiger partial charge in [0.2, 0.25) is 0 Å². The fraction of sp³-hybridized carbons (Fsp3) is 0.467. The van der Waals surface area contributed by atoms with Crippen LogP contribution in [-0.2, 0) is 13.1 Å². The lowest BCUT2D eigenvalue weighted by molar-refractivity contribution is 0.414.